The number of nitrogens with zero attached hydrogens (tertiary/aromatic N) is 4. The summed E-state index contributed by atoms with van der Waals surface area (Å²) in [5, 5.41) is 9.40. The van der Waals surface area contributed by atoms with E-state index < -0.39 is 12.0 Å². The van der Waals surface area contributed by atoms with Gasteiger partial charge in [0, 0.05) is 31.5 Å². The average molecular weight is 413 g/mol. The SMILES string of the molecule is CCOc1cncc([C@H](CC(=O)O)N2CCN(CCCc3cccc(N)n3)C2=O)c1. The molecule has 2 aromatic heterocycles. The molecule has 0 saturated carbocycles. The lowest BCUT2D eigenvalue weighted by atomic mass is 10.0. The topological polar surface area (TPSA) is 122 Å². The monoisotopic (exact) mass is 413 g/mol. The molecule has 0 radical (unpaired) electrons. The highest BCUT2D eigenvalue weighted by atomic mass is 16.5. The number of carboxylic acid groups (broad SMARTS) is 1. The zero-order chi connectivity index (χ0) is 21.5. The van der Waals surface area contributed by atoms with Crippen LogP contribution in [0.15, 0.2) is 36.7 Å². The maximum Gasteiger partial charge on any atom is 0.320 e. The molecule has 30 heavy (non-hydrogen) atoms. The lowest BCUT2D eigenvalue weighted by molar-refractivity contribution is -0.138. The minimum atomic E-state index is -0.971. The lowest BCUT2D eigenvalue weighted by Gasteiger charge is -2.27. The highest BCUT2D eigenvalue weighted by molar-refractivity contribution is 5.78. The van der Waals surface area contributed by atoms with E-state index >= 15 is 0 Å². The molecule has 9 heteroatoms. The van der Waals surface area contributed by atoms with E-state index in [1.54, 1.807) is 34.3 Å². The van der Waals surface area contributed by atoms with Crippen molar-refractivity contribution < 1.29 is 19.4 Å². The third kappa shape index (κ3) is 5.37. The van der Waals surface area contributed by atoms with Crippen LogP contribution in [0.1, 0.15) is 37.1 Å². The summed E-state index contributed by atoms with van der Waals surface area (Å²) in [6.45, 7) is 3.93. The lowest BCUT2D eigenvalue weighted by Crippen LogP contribution is -2.36. The number of aryl methyl sites for hydroxylation is 1. The second-order valence-electron chi connectivity index (χ2n) is 7.12. The third-order valence-corrected chi connectivity index (χ3v) is 4.99. The van der Waals surface area contributed by atoms with Crippen LogP contribution in [-0.4, -0.2) is 63.1 Å². The van der Waals surface area contributed by atoms with Gasteiger partial charge in [0.15, 0.2) is 0 Å². The summed E-state index contributed by atoms with van der Waals surface area (Å²) in [6.07, 6.45) is 4.45. The Kier molecular flexibility index (Phi) is 7.05. The number of hydrogen-bond acceptors (Lipinski definition) is 6. The molecular formula is C21H27N5O4. The van der Waals surface area contributed by atoms with Crippen molar-refractivity contribution >= 4 is 17.8 Å². The van der Waals surface area contributed by atoms with Gasteiger partial charge in [0.25, 0.3) is 0 Å². The quantitative estimate of drug-likeness (QED) is 0.613. The Morgan fingerprint density at radius 2 is 2.17 bits per heavy atom. The fourth-order valence-corrected chi connectivity index (χ4v) is 3.62. The summed E-state index contributed by atoms with van der Waals surface area (Å²) in [4.78, 5) is 36.2. The molecule has 160 valence electrons. The van der Waals surface area contributed by atoms with Crippen LogP contribution in [0.4, 0.5) is 10.6 Å². The molecule has 1 saturated heterocycles. The van der Waals surface area contributed by atoms with Gasteiger partial charge in [0.2, 0.25) is 0 Å². The van der Waals surface area contributed by atoms with Crippen molar-refractivity contribution in [2.75, 3.05) is 32.0 Å². The molecule has 0 aromatic carbocycles. The molecule has 3 N–H and O–H groups in total. The zero-order valence-electron chi connectivity index (χ0n) is 17.0. The fourth-order valence-electron chi connectivity index (χ4n) is 3.62. The van der Waals surface area contributed by atoms with Gasteiger partial charge in [-0.05, 0) is 43.5 Å². The molecule has 1 atom stereocenters. The van der Waals surface area contributed by atoms with E-state index in [0.717, 1.165) is 12.1 Å². The van der Waals surface area contributed by atoms with Crippen LogP contribution in [0.25, 0.3) is 0 Å². The van der Waals surface area contributed by atoms with Gasteiger partial charge in [-0.1, -0.05) is 6.07 Å². The summed E-state index contributed by atoms with van der Waals surface area (Å²) in [7, 11) is 0. The van der Waals surface area contributed by atoms with E-state index in [1.165, 1.54) is 0 Å². The minimum Gasteiger partial charge on any atom is -0.492 e. The highest BCUT2D eigenvalue weighted by Crippen LogP contribution is 2.30. The van der Waals surface area contributed by atoms with E-state index in [4.69, 9.17) is 10.5 Å². The molecule has 2 aromatic rings. The standard InChI is InChI=1S/C21H27N5O4/c1-2-30-17-11-15(13-23-14-17)18(12-20(27)28)26-10-9-25(21(26)29)8-4-6-16-5-3-7-19(22)24-16/h3,5,7,11,13-14,18H,2,4,6,8-10,12H2,1H3,(H2,22,24)(H,27,28)/t18-/m0/s1. The number of carboxylic acids is 1. The molecule has 0 aliphatic carbocycles. The number of ether oxygens (including phenoxy) is 1. The summed E-state index contributed by atoms with van der Waals surface area (Å²) >= 11 is 0. The van der Waals surface area contributed by atoms with Gasteiger partial charge in [-0.2, -0.15) is 0 Å². The van der Waals surface area contributed by atoms with Crippen molar-refractivity contribution in [2.24, 2.45) is 0 Å². The van der Waals surface area contributed by atoms with Crippen molar-refractivity contribution in [3.8, 4) is 5.75 Å². The van der Waals surface area contributed by atoms with Crippen molar-refractivity contribution in [1.82, 2.24) is 19.8 Å². The molecule has 3 heterocycles. The van der Waals surface area contributed by atoms with Crippen molar-refractivity contribution in [1.29, 1.82) is 0 Å². The van der Waals surface area contributed by atoms with E-state index in [2.05, 4.69) is 9.97 Å². The summed E-state index contributed by atoms with van der Waals surface area (Å²) < 4.78 is 5.48. The molecule has 2 amide bonds. The Labute approximate surface area is 175 Å². The number of carbonyl (C=O) groups is 2. The first kappa shape index (κ1) is 21.4. The third-order valence-electron chi connectivity index (χ3n) is 4.99. The average Bonchev–Trinajstić information content (AvgIpc) is 3.07. The Bertz CT molecular complexity index is 891. The van der Waals surface area contributed by atoms with Crippen LogP contribution in [-0.2, 0) is 11.2 Å². The largest absolute Gasteiger partial charge is 0.492 e. The first-order chi connectivity index (χ1) is 14.5. The Morgan fingerprint density at radius 1 is 1.33 bits per heavy atom. The molecule has 0 unspecified atom stereocenters. The fraction of sp³-hybridized carbons (Fsp3) is 0.429. The van der Waals surface area contributed by atoms with E-state index in [1.807, 2.05) is 19.1 Å². The van der Waals surface area contributed by atoms with Crippen LogP contribution in [0.5, 0.6) is 5.75 Å². The van der Waals surface area contributed by atoms with Gasteiger partial charge in [-0.3, -0.25) is 9.78 Å². The van der Waals surface area contributed by atoms with Gasteiger partial charge in [-0.15, -0.1) is 0 Å². The molecule has 3 rings (SSSR count). The van der Waals surface area contributed by atoms with Gasteiger partial charge in [0.05, 0.1) is 25.3 Å². The van der Waals surface area contributed by atoms with Crippen LogP contribution >= 0.6 is 0 Å². The van der Waals surface area contributed by atoms with Crippen molar-refractivity contribution in [2.45, 2.75) is 32.2 Å². The number of carbonyl (C=O) groups excluding carboxylic acids is 1. The van der Waals surface area contributed by atoms with Crippen LogP contribution in [0, 0.1) is 0 Å². The predicted octanol–water partition coefficient (Wildman–Crippen LogP) is 2.34. The van der Waals surface area contributed by atoms with E-state index in [9.17, 15) is 14.7 Å². The maximum atomic E-state index is 13.0. The number of hydrogen-bond donors (Lipinski definition) is 2. The molecule has 1 fully saturated rings. The second-order valence-corrected chi connectivity index (χ2v) is 7.12. The van der Waals surface area contributed by atoms with Crippen molar-refractivity contribution in [3.05, 3.63) is 47.9 Å². The number of amides is 2. The normalized spacial score (nSPS) is 14.8. The van der Waals surface area contributed by atoms with Crippen molar-refractivity contribution in [3.63, 3.8) is 0 Å². The Hall–Kier alpha value is -3.36. The number of pyridine rings is 2. The number of aromatic nitrogens is 2. The number of urea groups is 1. The molecule has 1 aliphatic heterocycles. The zero-order valence-corrected chi connectivity index (χ0v) is 17.0. The Balaban J connectivity index is 1.66. The first-order valence-electron chi connectivity index (χ1n) is 10.0. The number of anilines is 1. The molecule has 0 spiro atoms. The summed E-state index contributed by atoms with van der Waals surface area (Å²) in [5.74, 6) is 0.0691. The number of rotatable bonds is 10. The van der Waals surface area contributed by atoms with E-state index in [0.29, 0.717) is 49.8 Å². The number of nitrogen functional groups attached to an aromatic ring is 1. The van der Waals surface area contributed by atoms with Crippen LogP contribution in [0.3, 0.4) is 0 Å². The molecule has 9 nitrogen and oxygen atoms in total. The second kappa shape index (κ2) is 9.91. The number of aliphatic carboxylic acids is 1. The molecule has 0 bridgehead atoms. The summed E-state index contributed by atoms with van der Waals surface area (Å²) in [6, 6.07) is 6.51. The number of nitrogens with two attached hydrogens (primary N) is 1. The van der Waals surface area contributed by atoms with Gasteiger partial charge in [-0.25, -0.2) is 9.78 Å². The summed E-state index contributed by atoms with van der Waals surface area (Å²) in [5.41, 5.74) is 7.25. The van der Waals surface area contributed by atoms with Gasteiger partial charge in [0.1, 0.15) is 11.6 Å². The maximum absolute atomic E-state index is 13.0. The Morgan fingerprint density at radius 3 is 2.90 bits per heavy atom. The van der Waals surface area contributed by atoms with Gasteiger partial charge >= 0.3 is 12.0 Å². The predicted molar refractivity (Wildman–Crippen MR) is 111 cm³/mol. The van der Waals surface area contributed by atoms with Gasteiger partial charge < -0.3 is 25.4 Å². The minimum absolute atomic E-state index is 0.163. The smallest absolute Gasteiger partial charge is 0.320 e. The molecule has 1 aliphatic rings. The van der Waals surface area contributed by atoms with Crippen LogP contribution < -0.4 is 10.5 Å². The first-order valence-corrected chi connectivity index (χ1v) is 10.0. The highest BCUT2D eigenvalue weighted by Gasteiger charge is 2.35. The van der Waals surface area contributed by atoms with Crippen LogP contribution in [0.2, 0.25) is 0 Å². The molecular weight excluding hydrogens is 386 g/mol. The van der Waals surface area contributed by atoms with E-state index in [-0.39, 0.29) is 12.5 Å².